The maximum absolute atomic E-state index is 10.4. The number of phosphoric ester groups is 1. The largest absolute Gasteiger partial charge is 0.469 e. The van der Waals surface area contributed by atoms with Gasteiger partial charge in [-0.25, -0.2) is 4.57 Å². The topological polar surface area (TPSA) is 116 Å². The van der Waals surface area contributed by atoms with Gasteiger partial charge in [-0.05, 0) is 12.8 Å². The van der Waals surface area contributed by atoms with E-state index in [-0.39, 0.29) is 6.61 Å². The molecule has 7 nitrogen and oxygen atoms in total. The maximum Gasteiger partial charge on any atom is 0.469 e. The van der Waals surface area contributed by atoms with Crippen LogP contribution in [0.25, 0.3) is 0 Å². The van der Waals surface area contributed by atoms with E-state index >= 15 is 0 Å². The fraction of sp³-hybridized carbons (Fsp3) is 1.00. The van der Waals surface area contributed by atoms with Crippen LogP contribution in [0.15, 0.2) is 0 Å². The molecule has 4 N–H and O–H groups in total. The molecule has 0 saturated carbocycles. The van der Waals surface area contributed by atoms with E-state index in [1.807, 2.05) is 0 Å². The molecule has 0 heterocycles. The van der Waals surface area contributed by atoms with E-state index in [1.54, 1.807) is 0 Å². The molecule has 0 aromatic carbocycles. The van der Waals surface area contributed by atoms with Gasteiger partial charge in [0, 0.05) is 0 Å². The first kappa shape index (κ1) is 37.6. The van der Waals surface area contributed by atoms with Crippen molar-refractivity contribution in [2.75, 3.05) is 13.2 Å². The minimum Gasteiger partial charge on any atom is -0.328 e. The molecule has 0 unspecified atom stereocenters. The van der Waals surface area contributed by atoms with Crippen LogP contribution in [-0.2, 0) is 13.6 Å². The van der Waals surface area contributed by atoms with Crippen molar-refractivity contribution in [2.45, 2.75) is 155 Å². The molecule has 9 heteroatoms. The molecule has 0 aliphatic carbocycles. The first-order valence-electron chi connectivity index (χ1n) is 14.3. The lowest BCUT2D eigenvalue weighted by atomic mass is 10.1. The van der Waals surface area contributed by atoms with Crippen LogP contribution >= 0.6 is 16.4 Å². The quantitative estimate of drug-likeness (QED) is 0.0634. The van der Waals surface area contributed by atoms with Crippen molar-refractivity contribution in [3.63, 3.8) is 0 Å². The van der Waals surface area contributed by atoms with Gasteiger partial charge in [-0.3, -0.25) is 4.52 Å². The molecule has 0 rings (SSSR count). The standard InChI is InChI=1S/C13H29O4P.C13H29O3P/c1-2-3-4-5-6-7-8-9-10-11-12-13-17-18(14,15)16;1-2-3-4-5-6-7-8-9-10-11-12-13-16-17(14)15/h2-13H2,1H3,(H2,14,15,16);14-15H,2-13H2,1H3. The Balaban J connectivity index is 0. The molecule has 0 fully saturated rings. The Bertz CT molecular complexity index is 434. The molecule has 0 spiro atoms. The van der Waals surface area contributed by atoms with Gasteiger partial charge < -0.3 is 24.1 Å². The average molecular weight is 545 g/mol. The highest BCUT2D eigenvalue weighted by Crippen LogP contribution is 2.35. The van der Waals surface area contributed by atoms with Gasteiger partial charge in [-0.1, -0.05) is 142 Å². The van der Waals surface area contributed by atoms with Crippen molar-refractivity contribution in [2.24, 2.45) is 0 Å². The van der Waals surface area contributed by atoms with E-state index in [1.165, 1.54) is 109 Å². The molecule has 0 aliphatic rings. The highest BCUT2D eigenvalue weighted by Gasteiger charge is 2.12. The zero-order valence-corrected chi connectivity index (χ0v) is 24.7. The zero-order chi connectivity index (χ0) is 26.5. The van der Waals surface area contributed by atoms with Crippen molar-refractivity contribution >= 4 is 16.4 Å². The summed E-state index contributed by atoms with van der Waals surface area (Å²) in [5.41, 5.74) is 0. The van der Waals surface area contributed by atoms with Crippen molar-refractivity contribution in [3.05, 3.63) is 0 Å². The summed E-state index contributed by atoms with van der Waals surface area (Å²) in [4.78, 5) is 34.0. The summed E-state index contributed by atoms with van der Waals surface area (Å²) >= 11 is 0. The predicted molar refractivity (Wildman–Crippen MR) is 148 cm³/mol. The molecule has 0 radical (unpaired) electrons. The molecule has 35 heavy (non-hydrogen) atoms. The number of phosphoric acid groups is 1. The van der Waals surface area contributed by atoms with E-state index < -0.39 is 16.4 Å². The van der Waals surface area contributed by atoms with E-state index in [9.17, 15) is 4.57 Å². The van der Waals surface area contributed by atoms with Crippen LogP contribution in [0, 0.1) is 0 Å². The molecule has 0 amide bonds. The molecule has 0 aliphatic heterocycles. The van der Waals surface area contributed by atoms with Crippen molar-refractivity contribution < 1.29 is 33.2 Å². The van der Waals surface area contributed by atoms with Gasteiger partial charge in [0.2, 0.25) is 0 Å². The summed E-state index contributed by atoms with van der Waals surface area (Å²) in [5.74, 6) is 0. The molecule has 0 aromatic rings. The summed E-state index contributed by atoms with van der Waals surface area (Å²) < 4.78 is 19.5. The number of unbranched alkanes of at least 4 members (excludes halogenated alkanes) is 20. The lowest BCUT2D eigenvalue weighted by Crippen LogP contribution is -1.92. The average Bonchev–Trinajstić information content (AvgIpc) is 2.80. The van der Waals surface area contributed by atoms with Crippen LogP contribution in [-0.4, -0.2) is 32.8 Å². The Kier molecular flexibility index (Phi) is 32.9. The summed E-state index contributed by atoms with van der Waals surface area (Å²) in [5, 5.41) is 0. The van der Waals surface area contributed by atoms with Gasteiger partial charge >= 0.3 is 16.4 Å². The van der Waals surface area contributed by atoms with Crippen molar-refractivity contribution in [1.82, 2.24) is 0 Å². The first-order chi connectivity index (χ1) is 16.8. The zero-order valence-electron chi connectivity index (χ0n) is 22.9. The van der Waals surface area contributed by atoms with Crippen LogP contribution in [0.3, 0.4) is 0 Å². The second kappa shape index (κ2) is 30.6. The van der Waals surface area contributed by atoms with E-state index in [2.05, 4.69) is 18.4 Å². The van der Waals surface area contributed by atoms with Gasteiger partial charge in [-0.15, -0.1) is 0 Å². The minimum absolute atomic E-state index is 0.168. The maximum atomic E-state index is 10.4. The van der Waals surface area contributed by atoms with E-state index in [0.717, 1.165) is 32.1 Å². The highest BCUT2D eigenvalue weighted by atomic mass is 31.2. The van der Waals surface area contributed by atoms with E-state index in [0.29, 0.717) is 6.61 Å². The third kappa shape index (κ3) is 41.8. The third-order valence-corrected chi connectivity index (χ3v) is 6.89. The minimum atomic E-state index is -4.25. The van der Waals surface area contributed by atoms with Gasteiger partial charge in [-0.2, -0.15) is 0 Å². The fourth-order valence-corrected chi connectivity index (χ4v) is 4.52. The lowest BCUT2D eigenvalue weighted by Gasteiger charge is -2.05. The molecule has 214 valence electrons. The van der Waals surface area contributed by atoms with Crippen molar-refractivity contribution in [1.29, 1.82) is 0 Å². The number of hydrogen-bond acceptors (Lipinski definition) is 5. The molecule has 0 atom stereocenters. The second-order valence-corrected chi connectivity index (χ2v) is 11.5. The first-order valence-corrected chi connectivity index (χ1v) is 17.0. The van der Waals surface area contributed by atoms with Crippen LogP contribution in [0.1, 0.15) is 155 Å². The van der Waals surface area contributed by atoms with Gasteiger partial charge in [0.25, 0.3) is 0 Å². The normalized spacial score (nSPS) is 11.6. The van der Waals surface area contributed by atoms with Gasteiger partial charge in [0.05, 0.1) is 13.2 Å². The summed E-state index contributed by atoms with van der Waals surface area (Å²) in [6.45, 7) is 5.13. The van der Waals surface area contributed by atoms with Crippen LogP contribution in [0.2, 0.25) is 0 Å². The summed E-state index contributed by atoms with van der Waals surface area (Å²) in [7, 11) is -6.38. The fourth-order valence-electron chi connectivity index (χ4n) is 3.86. The molecule has 0 saturated heterocycles. The monoisotopic (exact) mass is 544 g/mol. The van der Waals surface area contributed by atoms with Crippen LogP contribution in [0.4, 0.5) is 0 Å². The Labute approximate surface area is 218 Å². The molecular formula is C26H58O7P2. The Hall–Kier alpha value is 0.420. The lowest BCUT2D eigenvalue weighted by molar-refractivity contribution is 0.193. The highest BCUT2D eigenvalue weighted by molar-refractivity contribution is 7.46. The Morgan fingerprint density at radius 1 is 0.514 bits per heavy atom. The Morgan fingerprint density at radius 3 is 1.09 bits per heavy atom. The van der Waals surface area contributed by atoms with Crippen LogP contribution in [0.5, 0.6) is 0 Å². The number of hydrogen-bond donors (Lipinski definition) is 4. The predicted octanol–water partition coefficient (Wildman–Crippen LogP) is 8.93. The van der Waals surface area contributed by atoms with Gasteiger partial charge in [0.1, 0.15) is 0 Å². The molecule has 0 aromatic heterocycles. The van der Waals surface area contributed by atoms with Crippen molar-refractivity contribution in [3.8, 4) is 0 Å². The summed E-state index contributed by atoms with van der Waals surface area (Å²) in [6.07, 6.45) is 27.7. The third-order valence-electron chi connectivity index (χ3n) is 5.96. The second-order valence-electron chi connectivity index (χ2n) is 9.48. The number of rotatable bonds is 26. The van der Waals surface area contributed by atoms with Crippen LogP contribution < -0.4 is 0 Å². The van der Waals surface area contributed by atoms with Gasteiger partial charge in [0.15, 0.2) is 0 Å². The van der Waals surface area contributed by atoms with E-state index in [4.69, 9.17) is 24.1 Å². The molecule has 0 bridgehead atoms. The Morgan fingerprint density at radius 2 is 0.800 bits per heavy atom. The molecular weight excluding hydrogens is 486 g/mol. The summed E-state index contributed by atoms with van der Waals surface area (Å²) in [6, 6.07) is 0. The SMILES string of the molecule is CCCCCCCCCCCCCOP(=O)(O)O.CCCCCCCCCCCCCOP(O)O. The smallest absolute Gasteiger partial charge is 0.328 e.